The molecule has 1 N–H and O–H groups in total. The van der Waals surface area contributed by atoms with Gasteiger partial charge in [0.25, 0.3) is 0 Å². The molecule has 0 unspecified atom stereocenters. The Hall–Kier alpha value is -2.58. The maximum atomic E-state index is 13.6. The van der Waals surface area contributed by atoms with Crippen LogP contribution in [0.15, 0.2) is 12.1 Å². The molecule has 9 heteroatoms. The Morgan fingerprint density at radius 3 is 2.57 bits per heavy atom. The minimum atomic E-state index is -1.13. The number of carbonyl (C=O) groups is 2. The second kappa shape index (κ2) is 5.43. The summed E-state index contributed by atoms with van der Waals surface area (Å²) in [6.07, 6.45) is 0.0610. The number of nitro groups is 1. The van der Waals surface area contributed by atoms with E-state index in [9.17, 15) is 28.5 Å². The molecule has 21 heavy (non-hydrogen) atoms. The van der Waals surface area contributed by atoms with Gasteiger partial charge in [-0.05, 0) is 6.07 Å². The molecule has 0 bridgehead atoms. The van der Waals surface area contributed by atoms with Crippen molar-refractivity contribution in [2.24, 2.45) is 5.92 Å². The summed E-state index contributed by atoms with van der Waals surface area (Å²) >= 11 is 0. The van der Waals surface area contributed by atoms with E-state index >= 15 is 0 Å². The highest BCUT2D eigenvalue weighted by Gasteiger charge is 2.53. The number of benzene rings is 1. The first-order valence-electron chi connectivity index (χ1n) is 5.87. The van der Waals surface area contributed by atoms with Crippen molar-refractivity contribution in [3.8, 4) is 0 Å². The van der Waals surface area contributed by atoms with Crippen molar-refractivity contribution in [1.29, 1.82) is 0 Å². The first-order chi connectivity index (χ1) is 9.85. The quantitative estimate of drug-likeness (QED) is 0.514. The molecular weight excluding hydrogens is 290 g/mol. The molecule has 2 rings (SSSR count). The average Bonchev–Trinajstić information content (AvgIpc) is 3.21. The fourth-order valence-electron chi connectivity index (χ4n) is 1.83. The predicted octanol–water partition coefficient (Wildman–Crippen LogP) is 1.36. The normalized spacial score (nSPS) is 19.8. The molecule has 1 amide bonds. The number of rotatable bonds is 4. The zero-order valence-electron chi connectivity index (χ0n) is 10.8. The van der Waals surface area contributed by atoms with Gasteiger partial charge in [-0.25, -0.2) is 13.6 Å². The van der Waals surface area contributed by atoms with Crippen molar-refractivity contribution in [3.05, 3.63) is 39.4 Å². The van der Waals surface area contributed by atoms with Gasteiger partial charge in [-0.15, -0.1) is 0 Å². The van der Waals surface area contributed by atoms with Crippen LogP contribution in [0.5, 0.6) is 0 Å². The minimum Gasteiger partial charge on any atom is -0.465 e. The number of methoxy groups -OCH3 is 1. The van der Waals surface area contributed by atoms with E-state index in [2.05, 4.69) is 10.1 Å². The molecule has 0 aromatic heterocycles. The van der Waals surface area contributed by atoms with Gasteiger partial charge in [0.05, 0.1) is 18.4 Å². The Morgan fingerprint density at radius 1 is 1.38 bits per heavy atom. The third kappa shape index (κ3) is 2.96. The van der Waals surface area contributed by atoms with E-state index in [1.165, 1.54) is 0 Å². The lowest BCUT2D eigenvalue weighted by Crippen LogP contribution is -2.19. The third-order valence-corrected chi connectivity index (χ3v) is 3.08. The fourth-order valence-corrected chi connectivity index (χ4v) is 1.83. The summed E-state index contributed by atoms with van der Waals surface area (Å²) < 4.78 is 31.3. The molecule has 0 heterocycles. The van der Waals surface area contributed by atoms with Crippen molar-refractivity contribution in [2.75, 3.05) is 12.4 Å². The van der Waals surface area contributed by atoms with Crippen molar-refractivity contribution in [2.45, 2.75) is 12.5 Å². The monoisotopic (exact) mass is 300 g/mol. The minimum absolute atomic E-state index is 0.0610. The maximum absolute atomic E-state index is 13.6. The molecule has 0 saturated heterocycles. The smallest absolute Gasteiger partial charge is 0.340 e. The van der Waals surface area contributed by atoms with E-state index < -0.39 is 51.6 Å². The maximum Gasteiger partial charge on any atom is 0.340 e. The molecule has 7 nitrogen and oxygen atoms in total. The van der Waals surface area contributed by atoms with Gasteiger partial charge in [-0.1, -0.05) is 0 Å². The Labute approximate surface area is 117 Å². The van der Waals surface area contributed by atoms with Gasteiger partial charge in [-0.2, -0.15) is 0 Å². The molecule has 1 aromatic carbocycles. The lowest BCUT2D eigenvalue weighted by Gasteiger charge is -2.08. The summed E-state index contributed by atoms with van der Waals surface area (Å²) in [5.74, 6) is -4.86. The topological polar surface area (TPSA) is 98.5 Å². The Morgan fingerprint density at radius 2 is 2.05 bits per heavy atom. The van der Waals surface area contributed by atoms with Crippen molar-refractivity contribution in [1.82, 2.24) is 0 Å². The second-order valence-electron chi connectivity index (χ2n) is 4.49. The summed E-state index contributed by atoms with van der Waals surface area (Å²) in [6, 6.07) is 0.228. The van der Waals surface area contributed by atoms with E-state index in [0.29, 0.717) is 6.07 Å². The van der Waals surface area contributed by atoms with Gasteiger partial charge in [0, 0.05) is 17.4 Å². The lowest BCUT2D eigenvalue weighted by molar-refractivity contribution is -0.497. The Kier molecular flexibility index (Phi) is 3.83. The number of ether oxygens (including phenoxy) is 1. The van der Waals surface area contributed by atoms with Crippen LogP contribution in [0.3, 0.4) is 0 Å². The van der Waals surface area contributed by atoms with Crippen LogP contribution < -0.4 is 5.32 Å². The van der Waals surface area contributed by atoms with Crippen molar-refractivity contribution >= 4 is 17.6 Å². The SMILES string of the molecule is COC(=O)c1cc(NC(=O)[C@@H]2C[C@H]2[N+](=O)[O-])c(F)cc1F. The largest absolute Gasteiger partial charge is 0.465 e. The zero-order chi connectivity index (χ0) is 15.7. The predicted molar refractivity (Wildman–Crippen MR) is 65.2 cm³/mol. The molecule has 112 valence electrons. The van der Waals surface area contributed by atoms with Gasteiger partial charge < -0.3 is 10.1 Å². The van der Waals surface area contributed by atoms with Gasteiger partial charge in [0.15, 0.2) is 0 Å². The van der Waals surface area contributed by atoms with Gasteiger partial charge in [0.2, 0.25) is 11.9 Å². The van der Waals surface area contributed by atoms with Crippen LogP contribution in [0.2, 0.25) is 0 Å². The highest BCUT2D eigenvalue weighted by atomic mass is 19.1. The molecule has 1 aromatic rings. The molecule has 0 radical (unpaired) electrons. The van der Waals surface area contributed by atoms with Crippen LogP contribution in [0.25, 0.3) is 0 Å². The van der Waals surface area contributed by atoms with Crippen LogP contribution in [0.1, 0.15) is 16.8 Å². The van der Waals surface area contributed by atoms with E-state index in [-0.39, 0.29) is 6.42 Å². The van der Waals surface area contributed by atoms with Crippen LogP contribution >= 0.6 is 0 Å². The van der Waals surface area contributed by atoms with Crippen LogP contribution in [0.4, 0.5) is 14.5 Å². The number of amides is 1. The van der Waals surface area contributed by atoms with Crippen molar-refractivity contribution < 1.29 is 28.0 Å². The number of nitrogens with zero attached hydrogens (tertiary/aromatic N) is 1. The third-order valence-electron chi connectivity index (χ3n) is 3.08. The molecule has 1 saturated carbocycles. The van der Waals surface area contributed by atoms with E-state index in [4.69, 9.17) is 0 Å². The number of hydrogen-bond donors (Lipinski definition) is 1. The first-order valence-corrected chi connectivity index (χ1v) is 5.87. The highest BCUT2D eigenvalue weighted by molar-refractivity contribution is 5.97. The number of anilines is 1. The van der Waals surface area contributed by atoms with Crippen LogP contribution in [-0.4, -0.2) is 30.0 Å². The van der Waals surface area contributed by atoms with E-state index in [1.54, 1.807) is 0 Å². The first kappa shape index (κ1) is 14.8. The Balaban J connectivity index is 2.19. The van der Waals surface area contributed by atoms with E-state index in [1.807, 2.05) is 0 Å². The fraction of sp³-hybridized carbons (Fsp3) is 0.333. The number of esters is 1. The van der Waals surface area contributed by atoms with Gasteiger partial charge >= 0.3 is 5.97 Å². The number of carbonyl (C=O) groups excluding carboxylic acids is 2. The molecule has 0 aliphatic heterocycles. The lowest BCUT2D eigenvalue weighted by atomic mass is 10.1. The summed E-state index contributed by atoms with van der Waals surface area (Å²) in [5, 5.41) is 12.6. The molecule has 0 spiro atoms. The van der Waals surface area contributed by atoms with Crippen LogP contribution in [-0.2, 0) is 9.53 Å². The summed E-state index contributed by atoms with van der Waals surface area (Å²) in [7, 11) is 1.02. The molecule has 1 aliphatic carbocycles. The molecule has 1 aliphatic rings. The van der Waals surface area contributed by atoms with Crippen LogP contribution in [0, 0.1) is 27.7 Å². The second-order valence-corrected chi connectivity index (χ2v) is 4.49. The molecular formula is C12H10F2N2O5. The summed E-state index contributed by atoms with van der Waals surface area (Å²) in [5.41, 5.74) is -0.980. The molecule has 1 fully saturated rings. The summed E-state index contributed by atoms with van der Waals surface area (Å²) in [4.78, 5) is 32.8. The molecule has 2 atom stereocenters. The van der Waals surface area contributed by atoms with E-state index in [0.717, 1.165) is 13.2 Å². The standard InChI is InChI=1S/C12H10F2N2O5/c1-21-12(18)5-2-9(8(14)4-7(5)13)15-11(17)6-3-10(6)16(19)20/h2,4,6,10H,3H2,1H3,(H,15,17)/t6-,10-/m1/s1. The van der Waals surface area contributed by atoms with Gasteiger partial charge in [-0.3, -0.25) is 14.9 Å². The average molecular weight is 300 g/mol. The Bertz CT molecular complexity index is 634. The summed E-state index contributed by atoms with van der Waals surface area (Å²) in [6.45, 7) is 0. The number of hydrogen-bond acceptors (Lipinski definition) is 5. The number of nitrogens with one attached hydrogen (secondary N) is 1. The number of halogens is 2. The van der Waals surface area contributed by atoms with Crippen molar-refractivity contribution in [3.63, 3.8) is 0 Å². The van der Waals surface area contributed by atoms with Gasteiger partial charge in [0.1, 0.15) is 17.6 Å². The highest BCUT2D eigenvalue weighted by Crippen LogP contribution is 2.34. The zero-order valence-corrected chi connectivity index (χ0v) is 10.8.